The van der Waals surface area contributed by atoms with Gasteiger partial charge in [0.05, 0.1) is 0 Å². The van der Waals surface area contributed by atoms with Crippen LogP contribution >= 0.6 is 0 Å². The first-order valence-corrected chi connectivity index (χ1v) is 5.01. The second kappa shape index (κ2) is 3.45. The van der Waals surface area contributed by atoms with E-state index in [0.717, 1.165) is 24.0 Å². The molecular weight excluding hydrogens is 176 g/mol. The number of benzene rings is 1. The van der Waals surface area contributed by atoms with Crippen LogP contribution in [0.2, 0.25) is 0 Å². The summed E-state index contributed by atoms with van der Waals surface area (Å²) in [4.78, 5) is 11.6. The summed E-state index contributed by atoms with van der Waals surface area (Å²) in [6.07, 6.45) is 2.61. The van der Waals surface area contributed by atoms with Crippen molar-refractivity contribution in [3.63, 3.8) is 0 Å². The highest BCUT2D eigenvalue weighted by atomic mass is 16.3. The Kier molecular flexibility index (Phi) is 2.28. The molecule has 0 aliphatic heterocycles. The maximum Gasteiger partial charge on any atom is 0.140 e. The van der Waals surface area contributed by atoms with Crippen LogP contribution in [-0.4, -0.2) is 10.9 Å². The number of ketones is 1. The summed E-state index contributed by atoms with van der Waals surface area (Å²) >= 11 is 0. The van der Waals surface area contributed by atoms with Crippen LogP contribution in [0.1, 0.15) is 36.3 Å². The van der Waals surface area contributed by atoms with Crippen molar-refractivity contribution in [1.29, 1.82) is 0 Å². The van der Waals surface area contributed by atoms with Crippen molar-refractivity contribution >= 4 is 5.78 Å². The molecule has 0 heterocycles. The summed E-state index contributed by atoms with van der Waals surface area (Å²) in [5, 5.41) is 9.54. The molecule has 14 heavy (non-hydrogen) atoms. The fourth-order valence-electron chi connectivity index (χ4n) is 2.16. The number of phenols is 1. The van der Waals surface area contributed by atoms with E-state index in [0.29, 0.717) is 18.0 Å². The van der Waals surface area contributed by atoms with Gasteiger partial charge in [0, 0.05) is 12.3 Å². The number of carbonyl (C=O) groups excluding carboxylic acids is 1. The number of aromatic hydroxyl groups is 1. The van der Waals surface area contributed by atoms with E-state index in [1.165, 1.54) is 0 Å². The second-order valence-corrected chi connectivity index (χ2v) is 3.90. The van der Waals surface area contributed by atoms with Crippen molar-refractivity contribution in [2.24, 2.45) is 0 Å². The van der Waals surface area contributed by atoms with Gasteiger partial charge in [0.2, 0.25) is 0 Å². The molecule has 2 rings (SSSR count). The molecule has 1 fully saturated rings. The molecule has 0 radical (unpaired) electrons. The zero-order chi connectivity index (χ0) is 10.1. The molecule has 1 atom stereocenters. The number of rotatable bonds is 1. The van der Waals surface area contributed by atoms with E-state index in [2.05, 4.69) is 0 Å². The zero-order valence-electron chi connectivity index (χ0n) is 8.29. The zero-order valence-corrected chi connectivity index (χ0v) is 8.29. The topological polar surface area (TPSA) is 37.3 Å². The number of phenolic OH excluding ortho intramolecular Hbond substituents is 1. The van der Waals surface area contributed by atoms with E-state index in [9.17, 15) is 9.90 Å². The Morgan fingerprint density at radius 3 is 2.86 bits per heavy atom. The van der Waals surface area contributed by atoms with E-state index in [-0.39, 0.29) is 5.92 Å². The molecule has 1 aliphatic rings. The van der Waals surface area contributed by atoms with Crippen molar-refractivity contribution in [2.75, 3.05) is 0 Å². The monoisotopic (exact) mass is 190 g/mol. The van der Waals surface area contributed by atoms with Crippen LogP contribution in [0.4, 0.5) is 0 Å². The molecule has 1 saturated carbocycles. The third-order valence-electron chi connectivity index (χ3n) is 3.03. The lowest BCUT2D eigenvalue weighted by atomic mass is 9.92. The minimum absolute atomic E-state index is 0.0297. The Morgan fingerprint density at radius 2 is 2.21 bits per heavy atom. The van der Waals surface area contributed by atoms with Gasteiger partial charge in [0.1, 0.15) is 11.5 Å². The van der Waals surface area contributed by atoms with E-state index < -0.39 is 0 Å². The minimum atomic E-state index is 0.0297. The summed E-state index contributed by atoms with van der Waals surface area (Å²) in [6.45, 7) is 1.87. The summed E-state index contributed by atoms with van der Waals surface area (Å²) in [6, 6.07) is 5.42. The maximum absolute atomic E-state index is 11.6. The maximum atomic E-state index is 11.6. The predicted molar refractivity (Wildman–Crippen MR) is 54.4 cm³/mol. The van der Waals surface area contributed by atoms with Crippen molar-refractivity contribution < 1.29 is 9.90 Å². The van der Waals surface area contributed by atoms with Crippen LogP contribution in [0.5, 0.6) is 5.75 Å². The summed E-state index contributed by atoms with van der Waals surface area (Å²) in [5.41, 5.74) is 1.86. The van der Waals surface area contributed by atoms with Crippen molar-refractivity contribution in [3.8, 4) is 5.75 Å². The highest BCUT2D eigenvalue weighted by Crippen LogP contribution is 2.35. The van der Waals surface area contributed by atoms with Gasteiger partial charge >= 0.3 is 0 Å². The Morgan fingerprint density at radius 1 is 1.43 bits per heavy atom. The quantitative estimate of drug-likeness (QED) is 0.738. The average Bonchev–Trinajstić information content (AvgIpc) is 2.57. The van der Waals surface area contributed by atoms with Gasteiger partial charge in [0.25, 0.3) is 0 Å². The van der Waals surface area contributed by atoms with Gasteiger partial charge in [-0.3, -0.25) is 4.79 Å². The molecule has 0 bridgehead atoms. The van der Waals surface area contributed by atoms with Gasteiger partial charge < -0.3 is 5.11 Å². The molecule has 1 aliphatic carbocycles. The smallest absolute Gasteiger partial charge is 0.140 e. The van der Waals surface area contributed by atoms with Crippen LogP contribution in [0.15, 0.2) is 18.2 Å². The third kappa shape index (κ3) is 1.41. The van der Waals surface area contributed by atoms with Gasteiger partial charge in [-0.15, -0.1) is 0 Å². The van der Waals surface area contributed by atoms with Gasteiger partial charge in [-0.2, -0.15) is 0 Å². The number of hydrogen-bond acceptors (Lipinski definition) is 2. The van der Waals surface area contributed by atoms with Crippen LogP contribution < -0.4 is 0 Å². The van der Waals surface area contributed by atoms with Gasteiger partial charge in [-0.25, -0.2) is 0 Å². The molecule has 1 aromatic rings. The van der Waals surface area contributed by atoms with E-state index >= 15 is 0 Å². The minimum Gasteiger partial charge on any atom is -0.508 e. The highest BCUT2D eigenvalue weighted by molar-refractivity contribution is 5.88. The molecule has 2 heteroatoms. The molecule has 0 aromatic heterocycles. The Labute approximate surface area is 83.6 Å². The molecule has 0 saturated heterocycles. The van der Waals surface area contributed by atoms with Crippen LogP contribution in [0.25, 0.3) is 0 Å². The predicted octanol–water partition coefficient (Wildman–Crippen LogP) is 2.54. The summed E-state index contributed by atoms with van der Waals surface area (Å²) in [5.74, 6) is 0.642. The average molecular weight is 190 g/mol. The SMILES string of the molecule is Cc1c(O)cccc1C1CCCC1=O. The third-order valence-corrected chi connectivity index (χ3v) is 3.03. The van der Waals surface area contributed by atoms with Crippen molar-refractivity contribution in [2.45, 2.75) is 32.1 Å². The number of carbonyl (C=O) groups is 1. The fraction of sp³-hybridized carbons (Fsp3) is 0.417. The van der Waals surface area contributed by atoms with Crippen LogP contribution in [-0.2, 0) is 4.79 Å². The highest BCUT2D eigenvalue weighted by Gasteiger charge is 2.27. The first-order valence-electron chi connectivity index (χ1n) is 5.01. The molecular formula is C12H14O2. The summed E-state index contributed by atoms with van der Waals surface area (Å²) in [7, 11) is 0. The van der Waals surface area contributed by atoms with E-state index in [1.807, 2.05) is 19.1 Å². The Hall–Kier alpha value is -1.31. The van der Waals surface area contributed by atoms with Crippen LogP contribution in [0.3, 0.4) is 0 Å². The van der Waals surface area contributed by atoms with Gasteiger partial charge in [0.15, 0.2) is 0 Å². The standard InChI is InChI=1S/C12H14O2/c1-8-9(4-2-6-11(8)13)10-5-3-7-12(10)14/h2,4,6,10,13H,3,5,7H2,1H3. The second-order valence-electron chi connectivity index (χ2n) is 3.90. The fourth-order valence-corrected chi connectivity index (χ4v) is 2.16. The normalized spacial score (nSPS) is 21.5. The molecule has 0 amide bonds. The molecule has 74 valence electrons. The lowest BCUT2D eigenvalue weighted by Gasteiger charge is -2.12. The lowest BCUT2D eigenvalue weighted by Crippen LogP contribution is -2.05. The first kappa shape index (κ1) is 9.25. The first-order chi connectivity index (χ1) is 6.70. The molecule has 2 nitrogen and oxygen atoms in total. The van der Waals surface area contributed by atoms with E-state index in [1.54, 1.807) is 6.07 Å². The lowest BCUT2D eigenvalue weighted by molar-refractivity contribution is -0.118. The summed E-state index contributed by atoms with van der Waals surface area (Å²) < 4.78 is 0. The van der Waals surface area contributed by atoms with Crippen LogP contribution in [0, 0.1) is 6.92 Å². The molecule has 1 aromatic carbocycles. The van der Waals surface area contributed by atoms with Crippen molar-refractivity contribution in [3.05, 3.63) is 29.3 Å². The van der Waals surface area contributed by atoms with Crippen molar-refractivity contribution in [1.82, 2.24) is 0 Å². The van der Waals surface area contributed by atoms with Gasteiger partial charge in [-0.1, -0.05) is 12.1 Å². The van der Waals surface area contributed by atoms with E-state index in [4.69, 9.17) is 0 Å². The van der Waals surface area contributed by atoms with Gasteiger partial charge in [-0.05, 0) is 37.0 Å². The number of Topliss-reactive ketones (excluding diaryl/α,β-unsaturated/α-hetero) is 1. The Bertz CT molecular complexity index is 369. The number of hydrogen-bond donors (Lipinski definition) is 1. The molecule has 1 unspecified atom stereocenters. The molecule has 1 N–H and O–H groups in total. The largest absolute Gasteiger partial charge is 0.508 e. The molecule has 0 spiro atoms. The Balaban J connectivity index is 2.41.